The van der Waals surface area contributed by atoms with Crippen LogP contribution < -0.4 is 4.74 Å². The van der Waals surface area contributed by atoms with E-state index in [2.05, 4.69) is 6.19 Å². The Morgan fingerprint density at radius 2 is 1.94 bits per heavy atom. The third-order valence-electron chi connectivity index (χ3n) is 7.43. The van der Waals surface area contributed by atoms with Crippen molar-refractivity contribution in [2.45, 2.75) is 62.3 Å². The summed E-state index contributed by atoms with van der Waals surface area (Å²) in [6.45, 7) is 3.35. The number of sulfone groups is 1. The molecule has 31 heavy (non-hydrogen) atoms. The van der Waals surface area contributed by atoms with E-state index >= 15 is 0 Å². The van der Waals surface area contributed by atoms with Crippen LogP contribution in [0.2, 0.25) is 5.02 Å². The van der Waals surface area contributed by atoms with Gasteiger partial charge in [-0.25, -0.2) is 12.8 Å². The van der Waals surface area contributed by atoms with Crippen LogP contribution in [0, 0.1) is 40.4 Å². The summed E-state index contributed by atoms with van der Waals surface area (Å²) in [5.41, 5.74) is -1.19. The van der Waals surface area contributed by atoms with Gasteiger partial charge in [-0.15, -0.1) is 0 Å². The molecule has 0 aromatic heterocycles. The molecule has 4 bridgehead atoms. The highest BCUT2D eigenvalue weighted by molar-refractivity contribution is 7.92. The average Bonchev–Trinajstić information content (AvgIpc) is 2.65. The van der Waals surface area contributed by atoms with Gasteiger partial charge in [-0.2, -0.15) is 5.26 Å². The molecule has 5 rings (SSSR count). The Labute approximate surface area is 187 Å². The lowest BCUT2D eigenvalue weighted by atomic mass is 9.53. The summed E-state index contributed by atoms with van der Waals surface area (Å²) in [6, 6.07) is 3.56. The van der Waals surface area contributed by atoms with Crippen LogP contribution in [0.1, 0.15) is 46.0 Å². The average molecular weight is 468 g/mol. The Morgan fingerprint density at radius 1 is 1.32 bits per heavy atom. The fraction of sp³-hybridized carbons (Fsp3) is 0.636. The summed E-state index contributed by atoms with van der Waals surface area (Å²) in [4.78, 5) is 1.42. The minimum absolute atomic E-state index is 0.0127. The second-order valence-corrected chi connectivity index (χ2v) is 12.7. The van der Waals surface area contributed by atoms with Crippen LogP contribution in [0.15, 0.2) is 18.2 Å². The van der Waals surface area contributed by atoms with E-state index in [0.717, 1.165) is 18.9 Å². The van der Waals surface area contributed by atoms with Crippen molar-refractivity contribution in [1.82, 2.24) is 4.90 Å². The normalized spacial score (nSPS) is 31.9. The number of ether oxygens (including phenoxy) is 1. The standard InChI is InChI=1S/C22H27ClFN3O3S/c1-21(2,30-18-5-4-16(24)8-17(18)23)20(26)27(12-25)19-14-6-13-7-15(19)11-22(9-13,10-14)31(3,28)29/h4-5,8,13-15,19,26H,6-7,9-11H2,1-3H3. The molecule has 4 aliphatic rings. The SMILES string of the molecule is CC(C)(Oc1ccc(F)cc1Cl)C(=N)N(C#N)C1C2CC3CC1CC(S(C)(=O)=O)(C3)C2. The zero-order chi connectivity index (χ0) is 22.8. The molecule has 0 amide bonds. The Kier molecular flexibility index (Phi) is 5.30. The summed E-state index contributed by atoms with van der Waals surface area (Å²) in [7, 11) is -3.20. The summed E-state index contributed by atoms with van der Waals surface area (Å²) < 4.78 is 43.8. The lowest BCUT2D eigenvalue weighted by molar-refractivity contribution is -0.0242. The van der Waals surface area contributed by atoms with Crippen molar-refractivity contribution >= 4 is 27.3 Å². The second-order valence-electron chi connectivity index (χ2n) is 9.92. The van der Waals surface area contributed by atoms with Crippen molar-refractivity contribution in [2.24, 2.45) is 17.8 Å². The Bertz CT molecular complexity index is 1050. The number of hydrogen-bond acceptors (Lipinski definition) is 5. The van der Waals surface area contributed by atoms with E-state index in [1.54, 1.807) is 13.8 Å². The number of hydrogen-bond donors (Lipinski definition) is 1. The zero-order valence-corrected chi connectivity index (χ0v) is 19.4. The van der Waals surface area contributed by atoms with Crippen molar-refractivity contribution in [3.05, 3.63) is 29.0 Å². The van der Waals surface area contributed by atoms with Crippen LogP contribution in [0.5, 0.6) is 5.75 Å². The van der Waals surface area contributed by atoms with Crippen LogP contribution in [0.4, 0.5) is 4.39 Å². The van der Waals surface area contributed by atoms with Crippen molar-refractivity contribution in [3.63, 3.8) is 0 Å². The first kappa shape index (κ1) is 22.3. The van der Waals surface area contributed by atoms with Crippen LogP contribution in [-0.2, 0) is 9.84 Å². The number of nitriles is 1. The molecular weight excluding hydrogens is 441 g/mol. The molecule has 4 fully saturated rings. The molecule has 0 aliphatic heterocycles. The molecule has 0 spiro atoms. The quantitative estimate of drug-likeness (QED) is 0.300. The van der Waals surface area contributed by atoms with Gasteiger partial charge in [0.15, 0.2) is 27.5 Å². The zero-order valence-electron chi connectivity index (χ0n) is 17.9. The van der Waals surface area contributed by atoms with Gasteiger partial charge in [-0.05, 0) is 81.9 Å². The maximum absolute atomic E-state index is 13.4. The van der Waals surface area contributed by atoms with Crippen molar-refractivity contribution in [2.75, 3.05) is 6.26 Å². The molecule has 0 saturated heterocycles. The maximum atomic E-state index is 13.4. The van der Waals surface area contributed by atoms with Gasteiger partial charge in [0.05, 0.1) is 15.8 Å². The predicted octanol–water partition coefficient (Wildman–Crippen LogP) is 4.39. The predicted molar refractivity (Wildman–Crippen MR) is 116 cm³/mol. The fourth-order valence-electron chi connectivity index (χ4n) is 6.24. The van der Waals surface area contributed by atoms with Gasteiger partial charge >= 0.3 is 0 Å². The van der Waals surface area contributed by atoms with Gasteiger partial charge in [0.25, 0.3) is 0 Å². The van der Waals surface area contributed by atoms with E-state index in [4.69, 9.17) is 21.7 Å². The summed E-state index contributed by atoms with van der Waals surface area (Å²) in [6.07, 6.45) is 7.09. The smallest absolute Gasteiger partial charge is 0.185 e. The molecule has 1 aromatic carbocycles. The van der Waals surface area contributed by atoms with E-state index in [1.807, 2.05) is 0 Å². The molecule has 0 radical (unpaired) electrons. The third-order valence-corrected chi connectivity index (χ3v) is 9.80. The van der Waals surface area contributed by atoms with E-state index in [9.17, 15) is 18.1 Å². The van der Waals surface area contributed by atoms with Crippen LogP contribution in [0.25, 0.3) is 0 Å². The molecule has 6 nitrogen and oxygen atoms in total. The Balaban J connectivity index is 1.59. The first-order chi connectivity index (χ1) is 14.4. The monoisotopic (exact) mass is 467 g/mol. The van der Waals surface area contributed by atoms with Gasteiger partial charge in [0, 0.05) is 6.26 Å². The number of benzene rings is 1. The molecule has 2 unspecified atom stereocenters. The lowest BCUT2D eigenvalue weighted by Crippen LogP contribution is -2.65. The van der Waals surface area contributed by atoms with Gasteiger partial charge in [0.2, 0.25) is 0 Å². The van der Waals surface area contributed by atoms with E-state index in [1.165, 1.54) is 23.3 Å². The highest BCUT2D eigenvalue weighted by Crippen LogP contribution is 2.59. The topological polar surface area (TPSA) is 94.2 Å². The van der Waals surface area contributed by atoms with Gasteiger partial charge < -0.3 is 4.74 Å². The first-order valence-corrected chi connectivity index (χ1v) is 12.8. The summed E-state index contributed by atoms with van der Waals surface area (Å²) >= 11 is 6.09. The second kappa shape index (κ2) is 7.35. The van der Waals surface area contributed by atoms with E-state index < -0.39 is 26.0 Å². The van der Waals surface area contributed by atoms with Crippen LogP contribution in [0.3, 0.4) is 0 Å². The van der Waals surface area contributed by atoms with Gasteiger partial charge in [0.1, 0.15) is 11.6 Å². The number of rotatable bonds is 5. The fourth-order valence-corrected chi connectivity index (χ4v) is 8.01. The lowest BCUT2D eigenvalue weighted by Gasteiger charge is -2.60. The largest absolute Gasteiger partial charge is 0.478 e. The van der Waals surface area contributed by atoms with Crippen molar-refractivity contribution < 1.29 is 17.5 Å². The Hall–Kier alpha value is -1.85. The highest BCUT2D eigenvalue weighted by atomic mass is 35.5. The number of amidine groups is 1. The first-order valence-electron chi connectivity index (χ1n) is 10.5. The van der Waals surface area contributed by atoms with Gasteiger partial charge in [-0.3, -0.25) is 10.3 Å². The maximum Gasteiger partial charge on any atom is 0.185 e. The molecular formula is C22H27ClFN3O3S. The molecule has 4 aliphatic carbocycles. The highest BCUT2D eigenvalue weighted by Gasteiger charge is 2.61. The van der Waals surface area contributed by atoms with Crippen LogP contribution >= 0.6 is 11.6 Å². The molecule has 1 N–H and O–H groups in total. The molecule has 4 saturated carbocycles. The van der Waals surface area contributed by atoms with Crippen molar-refractivity contribution in [3.8, 4) is 11.9 Å². The summed E-state index contributed by atoms with van der Waals surface area (Å²) in [5.74, 6) is 0.188. The number of nitrogens with one attached hydrogen (secondary N) is 1. The molecule has 0 heterocycles. The summed E-state index contributed by atoms with van der Waals surface area (Å²) in [5, 5.41) is 18.9. The molecule has 2 atom stereocenters. The molecule has 9 heteroatoms. The van der Waals surface area contributed by atoms with Gasteiger partial charge in [-0.1, -0.05) is 11.6 Å². The minimum Gasteiger partial charge on any atom is -0.478 e. The van der Waals surface area contributed by atoms with Crippen molar-refractivity contribution in [1.29, 1.82) is 10.7 Å². The molecule has 1 aromatic rings. The Morgan fingerprint density at radius 3 is 2.45 bits per heavy atom. The minimum atomic E-state index is -3.20. The van der Waals surface area contributed by atoms with Crippen LogP contribution in [-0.4, -0.2) is 41.8 Å². The van der Waals surface area contributed by atoms with E-state index in [-0.39, 0.29) is 34.5 Å². The molecule has 168 valence electrons. The van der Waals surface area contributed by atoms with E-state index in [0.29, 0.717) is 25.2 Å². The third kappa shape index (κ3) is 3.70. The number of halogens is 2. The number of nitrogens with zero attached hydrogens (tertiary/aromatic N) is 2.